The van der Waals surface area contributed by atoms with Crippen molar-refractivity contribution in [3.8, 4) is 22.2 Å². The molecule has 0 aliphatic heterocycles. The zero-order valence-electron chi connectivity index (χ0n) is 14.8. The molecule has 0 aliphatic rings. The molecule has 2 aromatic heterocycles. The third-order valence-corrected chi connectivity index (χ3v) is 4.97. The number of carbonyl (C=O) groups is 1. The number of rotatable bonds is 6. The van der Waals surface area contributed by atoms with Crippen LogP contribution in [0.15, 0.2) is 42.6 Å². The Kier molecular flexibility index (Phi) is 5.48. The molecule has 0 unspecified atom stereocenters. The average Bonchev–Trinajstić information content (AvgIpc) is 3.08. The van der Waals surface area contributed by atoms with Crippen molar-refractivity contribution in [2.75, 3.05) is 14.2 Å². The lowest BCUT2D eigenvalue weighted by atomic mass is 10.2. The summed E-state index contributed by atoms with van der Waals surface area (Å²) in [4.78, 5) is 21.9. The van der Waals surface area contributed by atoms with E-state index in [-0.39, 0.29) is 5.91 Å². The molecule has 1 aromatic carbocycles. The fourth-order valence-corrected chi connectivity index (χ4v) is 3.42. The number of hydrogen-bond acceptors (Lipinski definition) is 6. The van der Waals surface area contributed by atoms with Crippen LogP contribution in [0.3, 0.4) is 0 Å². The standard InChI is InChI=1S/C19H19N3O3S/c1-12-17(26-19(22-12)14-6-4-5-9-20-14)18(23)21-11-13-7-8-15(24-2)16(10-13)25-3/h4-10H,11H2,1-3H3,(H,21,23). The summed E-state index contributed by atoms with van der Waals surface area (Å²) < 4.78 is 10.5. The van der Waals surface area contributed by atoms with E-state index in [1.807, 2.05) is 43.3 Å². The predicted molar refractivity (Wildman–Crippen MR) is 101 cm³/mol. The van der Waals surface area contributed by atoms with Crippen molar-refractivity contribution in [1.29, 1.82) is 0 Å². The van der Waals surface area contributed by atoms with Gasteiger partial charge in [0, 0.05) is 12.7 Å². The van der Waals surface area contributed by atoms with Gasteiger partial charge in [-0.1, -0.05) is 12.1 Å². The summed E-state index contributed by atoms with van der Waals surface area (Å²) in [5.41, 5.74) is 2.38. The molecule has 134 valence electrons. The predicted octanol–water partition coefficient (Wildman–Crippen LogP) is 3.46. The fourth-order valence-electron chi connectivity index (χ4n) is 2.46. The van der Waals surface area contributed by atoms with Gasteiger partial charge in [-0.3, -0.25) is 9.78 Å². The van der Waals surface area contributed by atoms with Gasteiger partial charge in [-0.05, 0) is 36.8 Å². The van der Waals surface area contributed by atoms with Crippen LogP contribution in [0.5, 0.6) is 11.5 Å². The molecule has 3 rings (SSSR count). The van der Waals surface area contributed by atoms with E-state index in [9.17, 15) is 4.79 Å². The van der Waals surface area contributed by atoms with E-state index in [1.165, 1.54) is 11.3 Å². The van der Waals surface area contributed by atoms with Gasteiger partial charge in [0.15, 0.2) is 11.5 Å². The first kappa shape index (κ1) is 17.9. The molecule has 3 aromatic rings. The van der Waals surface area contributed by atoms with E-state index < -0.39 is 0 Å². The van der Waals surface area contributed by atoms with E-state index in [0.717, 1.165) is 16.3 Å². The van der Waals surface area contributed by atoms with Crippen LogP contribution in [0.1, 0.15) is 20.9 Å². The number of nitrogens with zero attached hydrogens (tertiary/aromatic N) is 2. The van der Waals surface area contributed by atoms with E-state index in [2.05, 4.69) is 15.3 Å². The van der Waals surface area contributed by atoms with Crippen LogP contribution in [0.4, 0.5) is 0 Å². The number of aryl methyl sites for hydroxylation is 1. The van der Waals surface area contributed by atoms with Gasteiger partial charge in [0.05, 0.1) is 25.6 Å². The maximum Gasteiger partial charge on any atom is 0.263 e. The summed E-state index contributed by atoms with van der Waals surface area (Å²) in [7, 11) is 3.17. The molecule has 0 atom stereocenters. The van der Waals surface area contributed by atoms with Crippen LogP contribution in [-0.4, -0.2) is 30.1 Å². The zero-order valence-corrected chi connectivity index (χ0v) is 15.6. The minimum atomic E-state index is -0.156. The number of thiazole rings is 1. The third kappa shape index (κ3) is 3.83. The first-order valence-corrected chi connectivity index (χ1v) is 8.82. The maximum atomic E-state index is 12.5. The number of benzene rings is 1. The Hall–Kier alpha value is -2.93. The molecule has 0 fully saturated rings. The molecule has 1 N–H and O–H groups in total. The van der Waals surface area contributed by atoms with Crippen molar-refractivity contribution < 1.29 is 14.3 Å². The molecule has 26 heavy (non-hydrogen) atoms. The number of nitrogens with one attached hydrogen (secondary N) is 1. The second kappa shape index (κ2) is 7.97. The molecule has 6 nitrogen and oxygen atoms in total. The highest BCUT2D eigenvalue weighted by molar-refractivity contribution is 7.17. The summed E-state index contributed by atoms with van der Waals surface area (Å²) in [6, 6.07) is 11.2. The van der Waals surface area contributed by atoms with Crippen LogP contribution < -0.4 is 14.8 Å². The molecule has 0 bridgehead atoms. The summed E-state index contributed by atoms with van der Waals surface area (Å²) in [6.07, 6.45) is 1.71. The summed E-state index contributed by atoms with van der Waals surface area (Å²) in [5, 5.41) is 3.66. The Morgan fingerprint density at radius 1 is 1.15 bits per heavy atom. The third-order valence-electron chi connectivity index (χ3n) is 3.79. The Morgan fingerprint density at radius 2 is 1.96 bits per heavy atom. The zero-order chi connectivity index (χ0) is 18.5. The lowest BCUT2D eigenvalue weighted by Gasteiger charge is -2.10. The minimum absolute atomic E-state index is 0.156. The van der Waals surface area contributed by atoms with E-state index >= 15 is 0 Å². The summed E-state index contributed by atoms with van der Waals surface area (Å²) in [5.74, 6) is 1.13. The van der Waals surface area contributed by atoms with Crippen molar-refractivity contribution in [1.82, 2.24) is 15.3 Å². The van der Waals surface area contributed by atoms with Crippen LogP contribution in [0, 0.1) is 6.92 Å². The molecule has 0 spiro atoms. The first-order valence-electron chi connectivity index (χ1n) is 8.00. The Morgan fingerprint density at radius 3 is 2.65 bits per heavy atom. The molecule has 2 heterocycles. The number of amides is 1. The Bertz CT molecular complexity index is 910. The molecule has 0 radical (unpaired) electrons. The van der Waals surface area contributed by atoms with Crippen molar-refractivity contribution in [3.05, 3.63) is 58.7 Å². The van der Waals surface area contributed by atoms with Crippen LogP contribution in [0.25, 0.3) is 10.7 Å². The van der Waals surface area contributed by atoms with Crippen molar-refractivity contribution >= 4 is 17.2 Å². The highest BCUT2D eigenvalue weighted by Gasteiger charge is 2.16. The topological polar surface area (TPSA) is 73.3 Å². The van der Waals surface area contributed by atoms with Gasteiger partial charge in [0.25, 0.3) is 5.91 Å². The molecule has 0 saturated carbocycles. The quantitative estimate of drug-likeness (QED) is 0.720. The van der Waals surface area contributed by atoms with Crippen molar-refractivity contribution in [2.24, 2.45) is 0 Å². The van der Waals surface area contributed by atoms with Crippen LogP contribution in [0.2, 0.25) is 0 Å². The molecular weight excluding hydrogens is 350 g/mol. The monoisotopic (exact) mass is 369 g/mol. The van der Waals surface area contributed by atoms with Crippen molar-refractivity contribution in [3.63, 3.8) is 0 Å². The molecule has 7 heteroatoms. The second-order valence-electron chi connectivity index (χ2n) is 5.52. The number of carbonyl (C=O) groups excluding carboxylic acids is 1. The maximum absolute atomic E-state index is 12.5. The van der Waals surface area contributed by atoms with Gasteiger partial charge in [-0.2, -0.15) is 0 Å². The number of methoxy groups -OCH3 is 2. The number of aromatic nitrogens is 2. The van der Waals surface area contributed by atoms with Gasteiger partial charge in [-0.15, -0.1) is 11.3 Å². The SMILES string of the molecule is COc1ccc(CNC(=O)c2sc(-c3ccccn3)nc2C)cc1OC. The molecule has 0 aliphatic carbocycles. The second-order valence-corrected chi connectivity index (χ2v) is 6.52. The lowest BCUT2D eigenvalue weighted by molar-refractivity contribution is 0.0954. The highest BCUT2D eigenvalue weighted by Crippen LogP contribution is 2.28. The Labute approximate surface area is 155 Å². The van der Waals surface area contributed by atoms with E-state index in [4.69, 9.17) is 9.47 Å². The molecular formula is C19H19N3O3S. The summed E-state index contributed by atoms with van der Waals surface area (Å²) in [6.45, 7) is 2.21. The smallest absolute Gasteiger partial charge is 0.263 e. The largest absolute Gasteiger partial charge is 0.493 e. The fraction of sp³-hybridized carbons (Fsp3) is 0.211. The van der Waals surface area contributed by atoms with Crippen LogP contribution >= 0.6 is 11.3 Å². The molecule has 0 saturated heterocycles. The van der Waals surface area contributed by atoms with E-state index in [1.54, 1.807) is 20.4 Å². The van der Waals surface area contributed by atoms with Gasteiger partial charge in [0.1, 0.15) is 9.88 Å². The normalized spacial score (nSPS) is 10.4. The lowest BCUT2D eigenvalue weighted by Crippen LogP contribution is -2.22. The first-order chi connectivity index (χ1) is 12.6. The highest BCUT2D eigenvalue weighted by atomic mass is 32.1. The number of hydrogen-bond donors (Lipinski definition) is 1. The molecule has 1 amide bonds. The van der Waals surface area contributed by atoms with Gasteiger partial charge >= 0.3 is 0 Å². The Balaban J connectivity index is 1.72. The minimum Gasteiger partial charge on any atom is -0.493 e. The summed E-state index contributed by atoms with van der Waals surface area (Å²) >= 11 is 1.34. The van der Waals surface area contributed by atoms with Crippen molar-refractivity contribution in [2.45, 2.75) is 13.5 Å². The average molecular weight is 369 g/mol. The van der Waals surface area contributed by atoms with Gasteiger partial charge in [-0.25, -0.2) is 4.98 Å². The number of ether oxygens (including phenoxy) is 2. The van der Waals surface area contributed by atoms with Gasteiger partial charge in [0.2, 0.25) is 0 Å². The van der Waals surface area contributed by atoms with Crippen LogP contribution in [-0.2, 0) is 6.54 Å². The van der Waals surface area contributed by atoms with E-state index in [0.29, 0.717) is 28.6 Å². The van der Waals surface area contributed by atoms with Gasteiger partial charge < -0.3 is 14.8 Å². The number of pyridine rings is 1.